The Morgan fingerprint density at radius 1 is 1.36 bits per heavy atom. The van der Waals surface area contributed by atoms with Gasteiger partial charge in [0, 0.05) is 5.39 Å². The molecule has 2 aromatic rings. The maximum Gasteiger partial charge on any atom is 0.326 e. The smallest absolute Gasteiger partial charge is 0.326 e. The van der Waals surface area contributed by atoms with Crippen LogP contribution in [0.2, 0.25) is 0 Å². The minimum atomic E-state index is -1.02. The van der Waals surface area contributed by atoms with Crippen LogP contribution in [0, 0.1) is 13.8 Å². The molecule has 1 amide bonds. The van der Waals surface area contributed by atoms with E-state index in [4.69, 9.17) is 9.63 Å². The highest BCUT2D eigenvalue weighted by Gasteiger charge is 2.21. The number of carbonyl (C=O) groups is 2. The van der Waals surface area contributed by atoms with Gasteiger partial charge in [0.15, 0.2) is 5.58 Å². The van der Waals surface area contributed by atoms with E-state index in [9.17, 15) is 9.59 Å². The molecule has 0 aliphatic carbocycles. The highest BCUT2D eigenvalue weighted by molar-refractivity contribution is 5.89. The summed E-state index contributed by atoms with van der Waals surface area (Å²) in [6.07, 6.45) is 1.09. The Bertz CT molecular complexity index is 705. The van der Waals surface area contributed by atoms with E-state index in [2.05, 4.69) is 10.5 Å². The molecule has 1 aromatic carbocycles. The molecule has 6 heteroatoms. The molecule has 118 valence electrons. The van der Waals surface area contributed by atoms with E-state index < -0.39 is 12.0 Å². The van der Waals surface area contributed by atoms with Crippen LogP contribution in [0.3, 0.4) is 0 Å². The highest BCUT2D eigenvalue weighted by Crippen LogP contribution is 2.24. The van der Waals surface area contributed by atoms with Crippen molar-refractivity contribution < 1.29 is 19.2 Å². The first-order valence-electron chi connectivity index (χ1n) is 7.30. The summed E-state index contributed by atoms with van der Waals surface area (Å²) in [6, 6.07) is 3.04. The number of carboxylic acid groups (broad SMARTS) is 1. The van der Waals surface area contributed by atoms with Crippen molar-refractivity contribution in [3.05, 3.63) is 29.0 Å². The monoisotopic (exact) mass is 304 g/mol. The van der Waals surface area contributed by atoms with Crippen LogP contribution < -0.4 is 5.32 Å². The molecule has 0 radical (unpaired) electrons. The summed E-state index contributed by atoms with van der Waals surface area (Å²) in [5.74, 6) is -1.39. The summed E-state index contributed by atoms with van der Waals surface area (Å²) in [7, 11) is 0. The van der Waals surface area contributed by atoms with Crippen molar-refractivity contribution in [2.24, 2.45) is 0 Å². The number of aryl methyl sites for hydroxylation is 2. The van der Waals surface area contributed by atoms with Crippen LogP contribution in [0.5, 0.6) is 0 Å². The lowest BCUT2D eigenvalue weighted by atomic mass is 10.1. The van der Waals surface area contributed by atoms with E-state index in [0.29, 0.717) is 24.1 Å². The number of hydrogen-bond acceptors (Lipinski definition) is 4. The number of nitrogens with zero attached hydrogens (tertiary/aromatic N) is 1. The molecule has 0 aliphatic rings. The number of amides is 1. The molecule has 0 fully saturated rings. The van der Waals surface area contributed by atoms with E-state index >= 15 is 0 Å². The molecule has 6 nitrogen and oxygen atoms in total. The average Bonchev–Trinajstić information content (AvgIpc) is 2.81. The van der Waals surface area contributed by atoms with Crippen LogP contribution >= 0.6 is 0 Å². The first-order valence-corrected chi connectivity index (χ1v) is 7.30. The molecule has 1 unspecified atom stereocenters. The van der Waals surface area contributed by atoms with Crippen molar-refractivity contribution in [1.29, 1.82) is 0 Å². The number of hydrogen-bond donors (Lipinski definition) is 2. The molecule has 0 saturated heterocycles. The SMILES string of the molecule is CCCC(NC(=O)Cc1noc2c(C)cc(C)cc12)C(=O)O. The number of rotatable bonds is 6. The summed E-state index contributed by atoms with van der Waals surface area (Å²) in [4.78, 5) is 23.1. The first-order chi connectivity index (χ1) is 10.4. The average molecular weight is 304 g/mol. The van der Waals surface area contributed by atoms with E-state index in [1.165, 1.54) is 0 Å². The maximum absolute atomic E-state index is 12.1. The Hall–Kier alpha value is -2.37. The second-order valence-corrected chi connectivity index (χ2v) is 5.51. The molecular formula is C16H20N2O4. The summed E-state index contributed by atoms with van der Waals surface area (Å²) in [6.45, 7) is 5.76. The number of aromatic nitrogens is 1. The van der Waals surface area contributed by atoms with Crippen LogP contribution in [0.1, 0.15) is 36.6 Å². The molecule has 2 N–H and O–H groups in total. The molecule has 0 bridgehead atoms. The number of carboxylic acids is 1. The number of nitrogens with one attached hydrogen (secondary N) is 1. The predicted molar refractivity (Wildman–Crippen MR) is 81.7 cm³/mol. The lowest BCUT2D eigenvalue weighted by Gasteiger charge is -2.12. The fraction of sp³-hybridized carbons (Fsp3) is 0.438. The zero-order chi connectivity index (χ0) is 16.3. The third kappa shape index (κ3) is 3.44. The number of aliphatic carboxylic acids is 1. The normalized spacial score (nSPS) is 12.3. The van der Waals surface area contributed by atoms with E-state index in [1.807, 2.05) is 32.9 Å². The lowest BCUT2D eigenvalue weighted by Crippen LogP contribution is -2.41. The largest absolute Gasteiger partial charge is 0.480 e. The third-order valence-corrected chi connectivity index (χ3v) is 3.52. The topological polar surface area (TPSA) is 92.4 Å². The van der Waals surface area contributed by atoms with Gasteiger partial charge in [-0.3, -0.25) is 4.79 Å². The Morgan fingerprint density at radius 3 is 2.73 bits per heavy atom. The van der Waals surface area contributed by atoms with E-state index in [-0.39, 0.29) is 12.3 Å². The van der Waals surface area contributed by atoms with Crippen LogP contribution in [-0.2, 0) is 16.0 Å². The van der Waals surface area contributed by atoms with Crippen LogP contribution in [0.25, 0.3) is 11.0 Å². The third-order valence-electron chi connectivity index (χ3n) is 3.52. The minimum Gasteiger partial charge on any atom is -0.480 e. The molecular weight excluding hydrogens is 284 g/mol. The highest BCUT2D eigenvalue weighted by atomic mass is 16.5. The van der Waals surface area contributed by atoms with E-state index in [0.717, 1.165) is 16.5 Å². The zero-order valence-electron chi connectivity index (χ0n) is 13.0. The van der Waals surface area contributed by atoms with Gasteiger partial charge in [-0.05, 0) is 37.5 Å². The van der Waals surface area contributed by atoms with Crippen molar-refractivity contribution >= 4 is 22.8 Å². The first kappa shape index (κ1) is 16.0. The van der Waals surface area contributed by atoms with Crippen LogP contribution in [0.15, 0.2) is 16.7 Å². The molecule has 1 atom stereocenters. The summed E-state index contributed by atoms with van der Waals surface area (Å²) in [5, 5.41) is 16.4. The van der Waals surface area contributed by atoms with Crippen molar-refractivity contribution in [2.75, 3.05) is 0 Å². The second-order valence-electron chi connectivity index (χ2n) is 5.51. The quantitative estimate of drug-likeness (QED) is 0.854. The van der Waals surface area contributed by atoms with Gasteiger partial charge >= 0.3 is 5.97 Å². The lowest BCUT2D eigenvalue weighted by molar-refractivity contribution is -0.141. The molecule has 1 aromatic heterocycles. The number of benzene rings is 1. The second kappa shape index (κ2) is 6.60. The van der Waals surface area contributed by atoms with Gasteiger partial charge in [0.25, 0.3) is 0 Å². The Morgan fingerprint density at radius 2 is 2.09 bits per heavy atom. The van der Waals surface area contributed by atoms with Gasteiger partial charge in [-0.15, -0.1) is 0 Å². The molecule has 0 saturated carbocycles. The number of carbonyl (C=O) groups excluding carboxylic acids is 1. The van der Waals surface area contributed by atoms with Gasteiger partial charge in [0.1, 0.15) is 11.7 Å². The van der Waals surface area contributed by atoms with Crippen molar-refractivity contribution in [3.8, 4) is 0 Å². The van der Waals surface area contributed by atoms with Gasteiger partial charge in [0.05, 0.1) is 6.42 Å². The predicted octanol–water partition coefficient (Wildman–Crippen LogP) is 2.36. The van der Waals surface area contributed by atoms with Gasteiger partial charge < -0.3 is 14.9 Å². The molecule has 1 heterocycles. The van der Waals surface area contributed by atoms with Crippen molar-refractivity contribution in [3.63, 3.8) is 0 Å². The maximum atomic E-state index is 12.1. The summed E-state index contributed by atoms with van der Waals surface area (Å²) in [5.41, 5.74) is 3.21. The molecule has 2 rings (SSSR count). The minimum absolute atomic E-state index is 0.00336. The van der Waals surface area contributed by atoms with Crippen LogP contribution in [0.4, 0.5) is 0 Å². The zero-order valence-corrected chi connectivity index (χ0v) is 13.0. The molecule has 0 aliphatic heterocycles. The van der Waals surface area contributed by atoms with Crippen molar-refractivity contribution in [2.45, 2.75) is 46.1 Å². The van der Waals surface area contributed by atoms with Gasteiger partial charge in [-0.25, -0.2) is 4.79 Å². The van der Waals surface area contributed by atoms with Crippen LogP contribution in [-0.4, -0.2) is 28.2 Å². The fourth-order valence-corrected chi connectivity index (χ4v) is 2.51. The molecule has 0 spiro atoms. The fourth-order valence-electron chi connectivity index (χ4n) is 2.51. The summed E-state index contributed by atoms with van der Waals surface area (Å²) >= 11 is 0. The van der Waals surface area contributed by atoms with Gasteiger partial charge in [-0.2, -0.15) is 0 Å². The number of fused-ring (bicyclic) bond motifs is 1. The van der Waals surface area contributed by atoms with Gasteiger partial charge in [0.2, 0.25) is 5.91 Å². The Balaban J connectivity index is 2.17. The van der Waals surface area contributed by atoms with E-state index in [1.54, 1.807) is 0 Å². The molecule has 22 heavy (non-hydrogen) atoms. The standard InChI is InChI=1S/C16H20N2O4/c1-4-5-12(16(20)21)17-14(19)8-13-11-7-9(2)6-10(3)15(11)22-18-13/h6-7,12H,4-5,8H2,1-3H3,(H,17,19)(H,20,21). The summed E-state index contributed by atoms with van der Waals surface area (Å²) < 4.78 is 5.29. The Labute approximate surface area is 128 Å². The van der Waals surface area contributed by atoms with Crippen molar-refractivity contribution in [1.82, 2.24) is 10.5 Å². The van der Waals surface area contributed by atoms with Gasteiger partial charge in [-0.1, -0.05) is 24.6 Å². The Kier molecular flexibility index (Phi) is 4.80.